The molecule has 156 valence electrons. The maximum atomic E-state index is 12.9. The van der Waals surface area contributed by atoms with Gasteiger partial charge in [-0.3, -0.25) is 4.79 Å². The van der Waals surface area contributed by atoms with Crippen LogP contribution in [0.5, 0.6) is 0 Å². The van der Waals surface area contributed by atoms with Gasteiger partial charge in [0.05, 0.1) is 5.69 Å². The lowest BCUT2D eigenvalue weighted by Gasteiger charge is -2.22. The molecule has 1 fully saturated rings. The van der Waals surface area contributed by atoms with Gasteiger partial charge in [0.15, 0.2) is 11.5 Å². The van der Waals surface area contributed by atoms with Gasteiger partial charge < -0.3 is 9.80 Å². The SMILES string of the molecule is O=C(c1ccc(-n2ccc(C(F)(F)F)n2)cc1)N1CCCN(c2cccnn2)CC1. The molecular formula is C20H19F3N6O. The Bertz CT molecular complexity index is 1000. The van der Waals surface area contributed by atoms with Gasteiger partial charge in [0, 0.05) is 44.1 Å². The zero-order valence-electron chi connectivity index (χ0n) is 16.0. The molecule has 0 atom stereocenters. The largest absolute Gasteiger partial charge is 0.435 e. The molecule has 3 heterocycles. The van der Waals surface area contributed by atoms with Gasteiger partial charge in [-0.25, -0.2) is 4.68 Å². The molecule has 1 saturated heterocycles. The van der Waals surface area contributed by atoms with Crippen molar-refractivity contribution in [2.75, 3.05) is 31.1 Å². The first-order chi connectivity index (χ1) is 14.4. The fourth-order valence-corrected chi connectivity index (χ4v) is 3.37. The zero-order valence-corrected chi connectivity index (χ0v) is 16.0. The highest BCUT2D eigenvalue weighted by molar-refractivity contribution is 5.94. The van der Waals surface area contributed by atoms with E-state index >= 15 is 0 Å². The van der Waals surface area contributed by atoms with Gasteiger partial charge in [-0.15, -0.1) is 5.10 Å². The number of halogens is 3. The molecule has 0 aliphatic carbocycles. The molecule has 0 spiro atoms. The first-order valence-electron chi connectivity index (χ1n) is 9.47. The Morgan fingerprint density at radius 1 is 0.967 bits per heavy atom. The fourth-order valence-electron chi connectivity index (χ4n) is 3.37. The van der Waals surface area contributed by atoms with Gasteiger partial charge in [0.25, 0.3) is 5.91 Å². The Balaban J connectivity index is 1.43. The maximum Gasteiger partial charge on any atom is 0.435 e. The normalized spacial score (nSPS) is 15.2. The molecule has 0 unspecified atom stereocenters. The van der Waals surface area contributed by atoms with E-state index in [1.54, 1.807) is 35.4 Å². The number of hydrogen-bond acceptors (Lipinski definition) is 5. The van der Waals surface area contributed by atoms with E-state index in [1.807, 2.05) is 12.1 Å². The summed E-state index contributed by atoms with van der Waals surface area (Å²) in [5.74, 6) is 0.674. The van der Waals surface area contributed by atoms with E-state index in [1.165, 1.54) is 6.20 Å². The van der Waals surface area contributed by atoms with Crippen LogP contribution in [-0.2, 0) is 6.18 Å². The molecule has 1 aliphatic heterocycles. The summed E-state index contributed by atoms with van der Waals surface area (Å²) >= 11 is 0. The number of hydrogen-bond donors (Lipinski definition) is 0. The Kier molecular flexibility index (Phi) is 5.39. The third-order valence-electron chi connectivity index (χ3n) is 4.92. The summed E-state index contributed by atoms with van der Waals surface area (Å²) in [4.78, 5) is 16.8. The molecule has 3 aromatic rings. The number of amides is 1. The van der Waals surface area contributed by atoms with E-state index in [4.69, 9.17) is 0 Å². The fraction of sp³-hybridized carbons (Fsp3) is 0.300. The van der Waals surface area contributed by atoms with Crippen molar-refractivity contribution < 1.29 is 18.0 Å². The minimum Gasteiger partial charge on any atom is -0.353 e. The first-order valence-corrected chi connectivity index (χ1v) is 9.47. The highest BCUT2D eigenvalue weighted by Gasteiger charge is 2.33. The summed E-state index contributed by atoms with van der Waals surface area (Å²) in [6, 6.07) is 11.0. The van der Waals surface area contributed by atoms with E-state index in [0.717, 1.165) is 29.5 Å². The van der Waals surface area contributed by atoms with Crippen molar-refractivity contribution >= 4 is 11.7 Å². The predicted molar refractivity (Wildman–Crippen MR) is 103 cm³/mol. The molecule has 1 aromatic carbocycles. The number of benzene rings is 1. The molecule has 10 heteroatoms. The van der Waals surface area contributed by atoms with Crippen LogP contribution in [0.2, 0.25) is 0 Å². The summed E-state index contributed by atoms with van der Waals surface area (Å²) in [5, 5.41) is 11.6. The van der Waals surface area contributed by atoms with Crippen molar-refractivity contribution in [2.24, 2.45) is 0 Å². The van der Waals surface area contributed by atoms with Gasteiger partial charge in [0.1, 0.15) is 0 Å². The van der Waals surface area contributed by atoms with Gasteiger partial charge >= 0.3 is 6.18 Å². The summed E-state index contributed by atoms with van der Waals surface area (Å²) in [7, 11) is 0. The lowest BCUT2D eigenvalue weighted by molar-refractivity contribution is -0.141. The van der Waals surface area contributed by atoms with Gasteiger partial charge in [-0.1, -0.05) is 0 Å². The zero-order chi connectivity index (χ0) is 21.1. The average Bonchev–Trinajstić information content (AvgIpc) is 3.13. The molecule has 7 nitrogen and oxygen atoms in total. The number of carbonyl (C=O) groups is 1. The Morgan fingerprint density at radius 3 is 2.43 bits per heavy atom. The quantitative estimate of drug-likeness (QED) is 0.657. The lowest BCUT2D eigenvalue weighted by Crippen LogP contribution is -2.35. The van der Waals surface area contributed by atoms with Crippen LogP contribution in [0.1, 0.15) is 22.5 Å². The topological polar surface area (TPSA) is 67.2 Å². The second kappa shape index (κ2) is 8.13. The summed E-state index contributed by atoms with van der Waals surface area (Å²) in [5.41, 5.74) is -0.0264. The van der Waals surface area contributed by atoms with E-state index in [0.29, 0.717) is 30.9 Å². The van der Waals surface area contributed by atoms with E-state index in [-0.39, 0.29) is 5.91 Å². The van der Waals surface area contributed by atoms with Crippen LogP contribution in [-0.4, -0.2) is 57.0 Å². The van der Waals surface area contributed by atoms with Crippen molar-refractivity contribution in [1.29, 1.82) is 0 Å². The minimum absolute atomic E-state index is 0.112. The smallest absolute Gasteiger partial charge is 0.353 e. The van der Waals surface area contributed by atoms with Crippen LogP contribution in [0.25, 0.3) is 5.69 Å². The van der Waals surface area contributed by atoms with Crippen LogP contribution >= 0.6 is 0 Å². The van der Waals surface area contributed by atoms with Gasteiger partial charge in [-0.2, -0.15) is 23.4 Å². The molecular weight excluding hydrogens is 397 g/mol. The molecule has 30 heavy (non-hydrogen) atoms. The number of nitrogens with zero attached hydrogens (tertiary/aromatic N) is 6. The van der Waals surface area contributed by atoms with Crippen molar-refractivity contribution in [2.45, 2.75) is 12.6 Å². The number of alkyl halides is 3. The van der Waals surface area contributed by atoms with Crippen LogP contribution in [0.15, 0.2) is 54.9 Å². The Hall–Kier alpha value is -3.43. The number of aromatic nitrogens is 4. The first kappa shape index (κ1) is 19.9. The third-order valence-corrected chi connectivity index (χ3v) is 4.92. The number of rotatable bonds is 3. The molecule has 0 bridgehead atoms. The Morgan fingerprint density at radius 2 is 1.77 bits per heavy atom. The highest BCUT2D eigenvalue weighted by atomic mass is 19.4. The second-order valence-electron chi connectivity index (χ2n) is 6.90. The summed E-state index contributed by atoms with van der Waals surface area (Å²) < 4.78 is 39.3. The van der Waals surface area contributed by atoms with Crippen LogP contribution in [0, 0.1) is 0 Å². The predicted octanol–water partition coefficient (Wildman–Crippen LogP) is 3.03. The maximum absolute atomic E-state index is 12.9. The van der Waals surface area contributed by atoms with E-state index < -0.39 is 11.9 Å². The summed E-state index contributed by atoms with van der Waals surface area (Å²) in [6.07, 6.45) is -0.829. The number of carbonyl (C=O) groups excluding carboxylic acids is 1. The van der Waals surface area contributed by atoms with Crippen molar-refractivity contribution in [3.8, 4) is 5.69 Å². The van der Waals surface area contributed by atoms with Crippen molar-refractivity contribution in [3.05, 3.63) is 66.1 Å². The van der Waals surface area contributed by atoms with E-state index in [2.05, 4.69) is 20.2 Å². The van der Waals surface area contributed by atoms with Gasteiger partial charge in [-0.05, 0) is 48.9 Å². The molecule has 4 rings (SSSR count). The highest BCUT2D eigenvalue weighted by Crippen LogP contribution is 2.28. The minimum atomic E-state index is -4.49. The lowest BCUT2D eigenvalue weighted by atomic mass is 10.1. The van der Waals surface area contributed by atoms with Crippen molar-refractivity contribution in [1.82, 2.24) is 24.9 Å². The number of anilines is 1. The molecule has 1 aliphatic rings. The van der Waals surface area contributed by atoms with Crippen LogP contribution in [0.4, 0.5) is 19.0 Å². The molecule has 0 N–H and O–H groups in total. The van der Waals surface area contributed by atoms with E-state index in [9.17, 15) is 18.0 Å². The molecule has 2 aromatic heterocycles. The summed E-state index contributed by atoms with van der Waals surface area (Å²) in [6.45, 7) is 2.59. The Labute approximate surface area is 170 Å². The van der Waals surface area contributed by atoms with Crippen LogP contribution in [0.3, 0.4) is 0 Å². The van der Waals surface area contributed by atoms with Crippen molar-refractivity contribution in [3.63, 3.8) is 0 Å². The van der Waals surface area contributed by atoms with Gasteiger partial charge in [0.2, 0.25) is 0 Å². The average molecular weight is 416 g/mol. The molecule has 1 amide bonds. The monoisotopic (exact) mass is 416 g/mol. The second-order valence-corrected chi connectivity index (χ2v) is 6.90. The molecule has 0 radical (unpaired) electrons. The van der Waals surface area contributed by atoms with Crippen LogP contribution < -0.4 is 4.90 Å². The third kappa shape index (κ3) is 4.27. The standard InChI is InChI=1S/C20H19F3N6O/c21-20(22,23)17-8-12-29(26-17)16-6-4-15(5-7-16)19(30)28-11-2-10-27(13-14-28)18-3-1-9-24-25-18/h1,3-9,12H,2,10-11,13-14H2. The molecule has 0 saturated carbocycles.